The third-order valence-electron chi connectivity index (χ3n) is 5.55. The van der Waals surface area contributed by atoms with E-state index in [0.29, 0.717) is 27.8 Å². The van der Waals surface area contributed by atoms with Crippen LogP contribution in [0.3, 0.4) is 0 Å². The predicted octanol–water partition coefficient (Wildman–Crippen LogP) is 4.79. The number of nitrogens with one attached hydrogen (secondary N) is 1. The summed E-state index contributed by atoms with van der Waals surface area (Å²) >= 11 is 12.7. The lowest BCUT2D eigenvalue weighted by Crippen LogP contribution is -2.48. The second kappa shape index (κ2) is 13.1. The van der Waals surface area contributed by atoms with Gasteiger partial charge in [0.15, 0.2) is 0 Å². The SMILES string of the molecule is CCCNC(=O)[C@@H](C)N(Cc1c(Cl)cccc1Cl)C(=O)CCCN(c1cccc(C)c1)S(C)(=O)=O. The number of hydrogen-bond donors (Lipinski definition) is 1. The highest BCUT2D eigenvalue weighted by Crippen LogP contribution is 2.27. The van der Waals surface area contributed by atoms with E-state index in [1.807, 2.05) is 19.9 Å². The van der Waals surface area contributed by atoms with Gasteiger partial charge in [-0.3, -0.25) is 13.9 Å². The number of sulfonamides is 1. The van der Waals surface area contributed by atoms with E-state index >= 15 is 0 Å². The van der Waals surface area contributed by atoms with Crippen LogP contribution in [0.25, 0.3) is 0 Å². The summed E-state index contributed by atoms with van der Waals surface area (Å²) in [6, 6.07) is 11.5. The van der Waals surface area contributed by atoms with Crippen molar-refractivity contribution in [1.82, 2.24) is 10.2 Å². The van der Waals surface area contributed by atoms with Crippen LogP contribution in [0.2, 0.25) is 10.0 Å². The van der Waals surface area contributed by atoms with E-state index in [4.69, 9.17) is 23.2 Å². The van der Waals surface area contributed by atoms with Crippen LogP contribution >= 0.6 is 23.2 Å². The Bertz CT molecular complexity index is 1120. The molecule has 0 saturated carbocycles. The highest BCUT2D eigenvalue weighted by Gasteiger charge is 2.27. The molecule has 0 spiro atoms. The molecule has 2 amide bonds. The van der Waals surface area contributed by atoms with E-state index in [2.05, 4.69) is 5.32 Å². The molecule has 10 heteroatoms. The van der Waals surface area contributed by atoms with Crippen LogP contribution in [0, 0.1) is 6.92 Å². The second-order valence-electron chi connectivity index (χ2n) is 8.47. The maximum atomic E-state index is 13.3. The molecule has 0 aliphatic rings. The van der Waals surface area contributed by atoms with Crippen molar-refractivity contribution in [3.05, 3.63) is 63.6 Å². The van der Waals surface area contributed by atoms with Crippen molar-refractivity contribution in [2.24, 2.45) is 0 Å². The largest absolute Gasteiger partial charge is 0.354 e. The van der Waals surface area contributed by atoms with E-state index in [-0.39, 0.29) is 37.7 Å². The van der Waals surface area contributed by atoms with Crippen LogP contribution in [0.15, 0.2) is 42.5 Å². The normalized spacial score (nSPS) is 12.2. The average molecular weight is 543 g/mol. The van der Waals surface area contributed by atoms with E-state index < -0.39 is 16.1 Å². The first-order valence-corrected chi connectivity index (χ1v) is 14.1. The highest BCUT2D eigenvalue weighted by atomic mass is 35.5. The monoisotopic (exact) mass is 541 g/mol. The van der Waals surface area contributed by atoms with Crippen molar-refractivity contribution >= 4 is 50.7 Å². The molecular formula is C25H33Cl2N3O4S. The van der Waals surface area contributed by atoms with Gasteiger partial charge in [0.1, 0.15) is 6.04 Å². The Morgan fingerprint density at radius 3 is 2.29 bits per heavy atom. The van der Waals surface area contributed by atoms with Crippen LogP contribution < -0.4 is 9.62 Å². The molecule has 0 saturated heterocycles. The molecule has 7 nitrogen and oxygen atoms in total. The Labute approximate surface area is 218 Å². The van der Waals surface area contributed by atoms with Gasteiger partial charge in [-0.15, -0.1) is 0 Å². The van der Waals surface area contributed by atoms with E-state index in [1.54, 1.807) is 43.3 Å². The van der Waals surface area contributed by atoms with Crippen LogP contribution in [0.4, 0.5) is 5.69 Å². The van der Waals surface area contributed by atoms with Crippen LogP contribution in [0.1, 0.15) is 44.2 Å². The number of rotatable bonds is 12. The van der Waals surface area contributed by atoms with Gasteiger partial charge < -0.3 is 10.2 Å². The molecule has 35 heavy (non-hydrogen) atoms. The smallest absolute Gasteiger partial charge is 0.242 e. The number of benzene rings is 2. The summed E-state index contributed by atoms with van der Waals surface area (Å²) in [5, 5.41) is 3.62. The molecule has 0 aliphatic heterocycles. The zero-order chi connectivity index (χ0) is 26.2. The van der Waals surface area contributed by atoms with Gasteiger partial charge in [-0.2, -0.15) is 0 Å². The molecule has 1 atom stereocenters. The Balaban J connectivity index is 2.21. The molecule has 2 aromatic rings. The Morgan fingerprint density at radius 2 is 1.71 bits per heavy atom. The lowest BCUT2D eigenvalue weighted by molar-refractivity contribution is -0.140. The number of anilines is 1. The third-order valence-corrected chi connectivity index (χ3v) is 7.45. The first-order valence-electron chi connectivity index (χ1n) is 11.5. The minimum atomic E-state index is -3.54. The van der Waals surface area contributed by atoms with E-state index in [0.717, 1.165) is 18.2 Å². The lowest BCUT2D eigenvalue weighted by Gasteiger charge is -2.30. The summed E-state index contributed by atoms with van der Waals surface area (Å²) in [6.07, 6.45) is 2.23. The number of carbonyl (C=O) groups excluding carboxylic acids is 2. The summed E-state index contributed by atoms with van der Waals surface area (Å²) in [6.45, 7) is 6.17. The summed E-state index contributed by atoms with van der Waals surface area (Å²) < 4.78 is 26.1. The summed E-state index contributed by atoms with van der Waals surface area (Å²) in [5.74, 6) is -0.571. The summed E-state index contributed by atoms with van der Waals surface area (Å²) in [7, 11) is -3.54. The molecule has 192 valence electrons. The van der Waals surface area contributed by atoms with Crippen molar-refractivity contribution in [3.63, 3.8) is 0 Å². The number of halogens is 2. The Hall–Kier alpha value is -2.29. The molecular weight excluding hydrogens is 509 g/mol. The predicted molar refractivity (Wildman–Crippen MR) is 142 cm³/mol. The molecule has 0 heterocycles. The first-order chi connectivity index (χ1) is 16.5. The van der Waals surface area contributed by atoms with Gasteiger partial charge >= 0.3 is 0 Å². The molecule has 1 N–H and O–H groups in total. The Morgan fingerprint density at radius 1 is 1.09 bits per heavy atom. The van der Waals surface area contributed by atoms with E-state index in [9.17, 15) is 18.0 Å². The van der Waals surface area contributed by atoms with Crippen molar-refractivity contribution in [2.45, 2.75) is 52.6 Å². The number of hydrogen-bond acceptors (Lipinski definition) is 4. The van der Waals surface area contributed by atoms with Gasteiger partial charge in [-0.05, 0) is 56.5 Å². The van der Waals surface area contributed by atoms with Crippen molar-refractivity contribution in [3.8, 4) is 0 Å². The number of amides is 2. The fourth-order valence-corrected chi connectivity index (χ4v) is 5.09. The number of carbonyl (C=O) groups is 2. The minimum Gasteiger partial charge on any atom is -0.354 e. The quantitative estimate of drug-likeness (QED) is 0.418. The molecule has 0 fully saturated rings. The van der Waals surface area contributed by atoms with E-state index in [1.165, 1.54) is 9.21 Å². The van der Waals surface area contributed by atoms with Crippen molar-refractivity contribution in [2.75, 3.05) is 23.7 Å². The van der Waals surface area contributed by atoms with Crippen LogP contribution in [-0.2, 0) is 26.2 Å². The zero-order valence-electron chi connectivity index (χ0n) is 20.6. The maximum absolute atomic E-state index is 13.3. The van der Waals surface area contributed by atoms with Gasteiger partial charge in [-0.1, -0.05) is 48.3 Å². The minimum absolute atomic E-state index is 0.0469. The lowest BCUT2D eigenvalue weighted by atomic mass is 10.1. The first kappa shape index (κ1) is 28.9. The maximum Gasteiger partial charge on any atom is 0.242 e. The molecule has 2 rings (SSSR count). The molecule has 0 bridgehead atoms. The summed E-state index contributed by atoms with van der Waals surface area (Å²) in [4.78, 5) is 27.4. The highest BCUT2D eigenvalue weighted by molar-refractivity contribution is 7.92. The molecule has 0 unspecified atom stereocenters. The van der Waals surface area contributed by atoms with Crippen molar-refractivity contribution < 1.29 is 18.0 Å². The topological polar surface area (TPSA) is 86.8 Å². The van der Waals surface area contributed by atoms with Gasteiger partial charge in [-0.25, -0.2) is 8.42 Å². The van der Waals surface area contributed by atoms with Gasteiger partial charge in [0, 0.05) is 41.7 Å². The third kappa shape index (κ3) is 8.40. The molecule has 0 aliphatic carbocycles. The number of nitrogens with zero attached hydrogens (tertiary/aromatic N) is 2. The molecule has 0 radical (unpaired) electrons. The van der Waals surface area contributed by atoms with Crippen molar-refractivity contribution in [1.29, 1.82) is 0 Å². The molecule has 0 aromatic heterocycles. The van der Waals surface area contributed by atoms with Gasteiger partial charge in [0.25, 0.3) is 0 Å². The van der Waals surface area contributed by atoms with Gasteiger partial charge in [0.05, 0.1) is 11.9 Å². The van der Waals surface area contributed by atoms with Gasteiger partial charge in [0.2, 0.25) is 21.8 Å². The van der Waals surface area contributed by atoms with Crippen LogP contribution in [0.5, 0.6) is 0 Å². The second-order valence-corrected chi connectivity index (χ2v) is 11.2. The fourth-order valence-electron chi connectivity index (χ4n) is 3.62. The zero-order valence-corrected chi connectivity index (χ0v) is 22.9. The molecule has 2 aromatic carbocycles. The average Bonchev–Trinajstić information content (AvgIpc) is 2.78. The summed E-state index contributed by atoms with van der Waals surface area (Å²) in [5.41, 5.74) is 2.03. The Kier molecular flexibility index (Phi) is 10.9. The van der Waals surface area contributed by atoms with Crippen LogP contribution in [-0.4, -0.2) is 50.5 Å². The number of aryl methyl sites for hydroxylation is 1. The fraction of sp³-hybridized carbons (Fsp3) is 0.440. The standard InChI is InChI=1S/C25H33Cl2N3O4S/c1-5-14-28-25(32)19(3)29(17-21-22(26)11-7-12-23(21)27)24(31)13-8-15-30(35(4,33)34)20-10-6-9-18(2)16-20/h6-7,9-12,16,19H,5,8,13-15,17H2,1-4H3,(H,28,32)/t19-/m1/s1.